The third-order valence-corrected chi connectivity index (χ3v) is 2.58. The van der Waals surface area contributed by atoms with Crippen LogP contribution in [-0.2, 0) is 0 Å². The summed E-state index contributed by atoms with van der Waals surface area (Å²) in [7, 11) is 0. The topological polar surface area (TPSA) is 63.0 Å². The second-order valence-electron chi connectivity index (χ2n) is 4.04. The molecule has 1 aromatic heterocycles. The number of nitrogens with zero attached hydrogens (tertiary/aromatic N) is 3. The molecule has 0 radical (unpaired) electrons. The Kier molecular flexibility index (Phi) is 2.52. The Bertz CT molecular complexity index is 310. The van der Waals surface area contributed by atoms with E-state index in [1.165, 1.54) is 0 Å². The van der Waals surface area contributed by atoms with Crippen molar-refractivity contribution in [1.29, 1.82) is 0 Å². The Hall–Kier alpha value is -0.940. The normalized spacial score (nSPS) is 27.4. The molecule has 5 heteroatoms. The Morgan fingerprint density at radius 2 is 2.43 bits per heavy atom. The highest BCUT2D eigenvalue weighted by Crippen LogP contribution is 2.23. The fourth-order valence-electron chi connectivity index (χ4n) is 1.81. The lowest BCUT2D eigenvalue weighted by Gasteiger charge is -2.14. The first-order valence-corrected chi connectivity index (χ1v) is 4.99. The van der Waals surface area contributed by atoms with E-state index >= 15 is 0 Å². The van der Waals surface area contributed by atoms with Gasteiger partial charge in [0.2, 0.25) is 0 Å². The van der Waals surface area contributed by atoms with Crippen LogP contribution >= 0.6 is 0 Å². The highest BCUT2D eigenvalue weighted by Gasteiger charge is 2.27. The molecule has 2 rings (SSSR count). The third kappa shape index (κ3) is 1.65. The van der Waals surface area contributed by atoms with Crippen molar-refractivity contribution >= 4 is 0 Å². The second-order valence-corrected chi connectivity index (χ2v) is 4.04. The molecule has 0 aromatic carbocycles. The Balaban J connectivity index is 2.19. The minimum Gasteiger partial charge on any atom is -0.392 e. The summed E-state index contributed by atoms with van der Waals surface area (Å²) >= 11 is 0. The van der Waals surface area contributed by atoms with Gasteiger partial charge in [0.15, 0.2) is 0 Å². The zero-order valence-corrected chi connectivity index (χ0v) is 8.51. The van der Waals surface area contributed by atoms with Crippen LogP contribution in [0.2, 0.25) is 0 Å². The predicted octanol–water partition coefficient (Wildman–Crippen LogP) is 0.254. The molecule has 2 atom stereocenters. The smallest absolute Gasteiger partial charge is 0.150 e. The lowest BCUT2D eigenvalue weighted by molar-refractivity contribution is 0.192. The first-order chi connectivity index (χ1) is 6.68. The summed E-state index contributed by atoms with van der Waals surface area (Å²) in [5, 5.41) is 20.6. The zero-order valence-electron chi connectivity index (χ0n) is 8.51. The quantitative estimate of drug-likeness (QED) is 0.712. The number of aliphatic hydroxyl groups is 1. The summed E-state index contributed by atoms with van der Waals surface area (Å²) < 4.78 is 2.04. The van der Waals surface area contributed by atoms with E-state index < -0.39 is 0 Å². The van der Waals surface area contributed by atoms with Gasteiger partial charge in [0.25, 0.3) is 0 Å². The van der Waals surface area contributed by atoms with Crippen LogP contribution in [0, 0.1) is 0 Å². The fourth-order valence-corrected chi connectivity index (χ4v) is 1.81. The molecule has 0 unspecified atom stereocenters. The van der Waals surface area contributed by atoms with Gasteiger partial charge in [0.05, 0.1) is 12.1 Å². The van der Waals surface area contributed by atoms with Crippen LogP contribution in [0.15, 0.2) is 6.33 Å². The van der Waals surface area contributed by atoms with E-state index in [0.29, 0.717) is 12.6 Å². The largest absolute Gasteiger partial charge is 0.392 e. The van der Waals surface area contributed by atoms with Crippen LogP contribution in [0.4, 0.5) is 0 Å². The molecular formula is C9H16N4O. The Morgan fingerprint density at radius 1 is 1.64 bits per heavy atom. The maximum atomic E-state index is 9.41. The summed E-state index contributed by atoms with van der Waals surface area (Å²) in [6, 6.07) is 0.509. The van der Waals surface area contributed by atoms with E-state index in [1.54, 1.807) is 6.33 Å². The number of aromatic nitrogens is 3. The lowest BCUT2D eigenvalue weighted by Crippen LogP contribution is -2.19. The Morgan fingerprint density at radius 3 is 3.00 bits per heavy atom. The maximum Gasteiger partial charge on any atom is 0.150 e. The minimum absolute atomic E-state index is 0.148. The van der Waals surface area contributed by atoms with Crippen molar-refractivity contribution in [1.82, 2.24) is 20.1 Å². The molecule has 1 aliphatic heterocycles. The van der Waals surface area contributed by atoms with Crippen LogP contribution in [0.1, 0.15) is 38.2 Å². The summed E-state index contributed by atoms with van der Waals surface area (Å²) in [6.45, 7) is 4.84. The van der Waals surface area contributed by atoms with Crippen molar-refractivity contribution in [2.24, 2.45) is 0 Å². The fraction of sp³-hybridized carbons (Fsp3) is 0.778. The molecule has 1 fully saturated rings. The maximum absolute atomic E-state index is 9.41. The SMILES string of the molecule is CC(C)n1cnnc1[C@H]1C[C@@H](O)CN1. The van der Waals surface area contributed by atoms with Crippen molar-refractivity contribution in [2.45, 2.75) is 38.5 Å². The lowest BCUT2D eigenvalue weighted by atomic mass is 10.2. The molecule has 1 saturated heterocycles. The van der Waals surface area contributed by atoms with E-state index in [4.69, 9.17) is 0 Å². The highest BCUT2D eigenvalue weighted by molar-refractivity contribution is 5.00. The van der Waals surface area contributed by atoms with Gasteiger partial charge in [0, 0.05) is 12.6 Å². The van der Waals surface area contributed by atoms with Crippen LogP contribution in [0.3, 0.4) is 0 Å². The van der Waals surface area contributed by atoms with Gasteiger partial charge >= 0.3 is 0 Å². The van der Waals surface area contributed by atoms with Crippen molar-refractivity contribution in [2.75, 3.05) is 6.54 Å². The van der Waals surface area contributed by atoms with Gasteiger partial charge in [-0.2, -0.15) is 0 Å². The molecule has 1 aromatic rings. The standard InChI is InChI=1S/C9H16N4O/c1-6(2)13-5-11-12-9(13)8-3-7(14)4-10-8/h5-8,10,14H,3-4H2,1-2H3/t7-,8-/m1/s1. The van der Waals surface area contributed by atoms with Gasteiger partial charge in [-0.05, 0) is 20.3 Å². The second kappa shape index (κ2) is 3.67. The molecule has 14 heavy (non-hydrogen) atoms. The third-order valence-electron chi connectivity index (χ3n) is 2.58. The van der Waals surface area contributed by atoms with E-state index in [-0.39, 0.29) is 12.1 Å². The molecule has 0 spiro atoms. The van der Waals surface area contributed by atoms with Crippen molar-refractivity contribution in [3.63, 3.8) is 0 Å². The number of rotatable bonds is 2. The molecule has 0 aliphatic carbocycles. The van der Waals surface area contributed by atoms with E-state index in [1.807, 2.05) is 4.57 Å². The Labute approximate surface area is 83.2 Å². The first-order valence-electron chi connectivity index (χ1n) is 4.99. The van der Waals surface area contributed by atoms with Crippen molar-refractivity contribution in [3.05, 3.63) is 12.2 Å². The summed E-state index contributed by atoms with van der Waals surface area (Å²) in [5.41, 5.74) is 0. The van der Waals surface area contributed by atoms with Gasteiger partial charge in [-0.15, -0.1) is 10.2 Å². The first kappa shape index (κ1) is 9.61. The monoisotopic (exact) mass is 196 g/mol. The average Bonchev–Trinajstić information content (AvgIpc) is 2.70. The average molecular weight is 196 g/mol. The minimum atomic E-state index is -0.252. The van der Waals surface area contributed by atoms with Crippen LogP contribution < -0.4 is 5.32 Å². The van der Waals surface area contributed by atoms with Gasteiger partial charge in [-0.25, -0.2) is 0 Å². The van der Waals surface area contributed by atoms with E-state index in [0.717, 1.165) is 12.2 Å². The van der Waals surface area contributed by atoms with Crippen LogP contribution in [0.5, 0.6) is 0 Å². The molecule has 0 saturated carbocycles. The molecule has 1 aliphatic rings. The number of nitrogens with one attached hydrogen (secondary N) is 1. The van der Waals surface area contributed by atoms with Gasteiger partial charge in [0.1, 0.15) is 12.2 Å². The van der Waals surface area contributed by atoms with Gasteiger partial charge < -0.3 is 15.0 Å². The zero-order chi connectivity index (χ0) is 10.1. The molecular weight excluding hydrogens is 180 g/mol. The van der Waals surface area contributed by atoms with Crippen LogP contribution in [-0.4, -0.2) is 32.5 Å². The van der Waals surface area contributed by atoms with Crippen molar-refractivity contribution < 1.29 is 5.11 Å². The van der Waals surface area contributed by atoms with E-state index in [9.17, 15) is 5.11 Å². The number of aliphatic hydroxyl groups excluding tert-OH is 1. The summed E-state index contributed by atoms with van der Waals surface area (Å²) in [6.07, 6.45) is 2.22. The molecule has 0 bridgehead atoms. The number of hydrogen-bond acceptors (Lipinski definition) is 4. The molecule has 2 N–H and O–H groups in total. The summed E-state index contributed by atoms with van der Waals surface area (Å²) in [5.74, 6) is 0.927. The molecule has 2 heterocycles. The van der Waals surface area contributed by atoms with Crippen molar-refractivity contribution in [3.8, 4) is 0 Å². The highest BCUT2D eigenvalue weighted by atomic mass is 16.3. The molecule has 78 valence electrons. The van der Waals surface area contributed by atoms with E-state index in [2.05, 4.69) is 29.4 Å². The van der Waals surface area contributed by atoms with Gasteiger partial charge in [-0.3, -0.25) is 0 Å². The number of β-amino-alcohol motifs (C(OH)–C–C–N with tert-alkyl or cyclic N) is 1. The van der Waals surface area contributed by atoms with Crippen LogP contribution in [0.25, 0.3) is 0 Å². The predicted molar refractivity (Wildman–Crippen MR) is 51.8 cm³/mol. The molecule has 5 nitrogen and oxygen atoms in total. The van der Waals surface area contributed by atoms with Gasteiger partial charge in [-0.1, -0.05) is 0 Å². The molecule has 0 amide bonds. The number of hydrogen-bond donors (Lipinski definition) is 2. The summed E-state index contributed by atoms with van der Waals surface area (Å²) in [4.78, 5) is 0.